The van der Waals surface area contributed by atoms with Crippen molar-refractivity contribution < 1.29 is 4.74 Å². The Kier molecular flexibility index (Phi) is 6.39. The van der Waals surface area contributed by atoms with Gasteiger partial charge < -0.3 is 14.5 Å². The topological polar surface area (TPSA) is 70.2 Å². The zero-order valence-electron chi connectivity index (χ0n) is 17.9. The summed E-state index contributed by atoms with van der Waals surface area (Å²) >= 11 is 6.24. The maximum atomic E-state index is 6.24. The van der Waals surface area contributed by atoms with Crippen molar-refractivity contribution >= 4 is 46.5 Å². The number of H-pyrrole nitrogens is 1. The molecule has 1 aliphatic heterocycles. The number of nitrogens with zero attached hydrogens (tertiary/aromatic N) is 5. The number of aromatic amines is 1. The van der Waals surface area contributed by atoms with E-state index in [4.69, 9.17) is 16.3 Å². The van der Waals surface area contributed by atoms with Gasteiger partial charge in [0.05, 0.1) is 12.5 Å². The van der Waals surface area contributed by atoms with Gasteiger partial charge >= 0.3 is 0 Å². The quantitative estimate of drug-likeness (QED) is 0.464. The average Bonchev–Trinajstić information content (AvgIpc) is 3.25. The summed E-state index contributed by atoms with van der Waals surface area (Å²) in [6, 6.07) is 13.9. The van der Waals surface area contributed by atoms with Crippen molar-refractivity contribution in [1.82, 2.24) is 20.2 Å². The number of anilines is 2. The van der Waals surface area contributed by atoms with Gasteiger partial charge in [0.1, 0.15) is 23.6 Å². The first kappa shape index (κ1) is 22.2. The summed E-state index contributed by atoms with van der Waals surface area (Å²) in [7, 11) is 1.67. The summed E-state index contributed by atoms with van der Waals surface area (Å²) in [5.74, 6) is 1.66. The maximum Gasteiger partial charge on any atom is 0.161 e. The Bertz CT molecular complexity index is 1240. The fraction of sp³-hybridized carbons (Fsp3) is 0.261. The first-order valence-electron chi connectivity index (χ1n) is 10.2. The SMILES string of the molecule is COc1ccccc1-c1n[nH]c2ncnc(N3CCN(c4cc(Cl)ccc4C)CC3)c12.Cl. The van der Waals surface area contributed by atoms with Gasteiger partial charge in [-0.15, -0.1) is 12.4 Å². The second-order valence-corrected chi connectivity index (χ2v) is 8.03. The highest BCUT2D eigenvalue weighted by Crippen LogP contribution is 2.37. The third-order valence-corrected chi connectivity index (χ3v) is 6.03. The molecule has 4 aromatic rings. The fourth-order valence-electron chi connectivity index (χ4n) is 4.20. The van der Waals surface area contributed by atoms with E-state index < -0.39 is 0 Å². The summed E-state index contributed by atoms with van der Waals surface area (Å²) < 4.78 is 5.56. The molecule has 0 radical (unpaired) electrons. The van der Waals surface area contributed by atoms with E-state index in [1.165, 1.54) is 11.3 Å². The van der Waals surface area contributed by atoms with Gasteiger partial charge in [-0.3, -0.25) is 5.10 Å². The molecule has 1 fully saturated rings. The molecule has 2 aromatic carbocycles. The molecule has 166 valence electrons. The van der Waals surface area contributed by atoms with Gasteiger partial charge in [-0.1, -0.05) is 29.8 Å². The minimum absolute atomic E-state index is 0. The molecule has 0 atom stereocenters. The minimum Gasteiger partial charge on any atom is -0.496 e. The van der Waals surface area contributed by atoms with Gasteiger partial charge in [0.15, 0.2) is 5.65 Å². The second-order valence-electron chi connectivity index (χ2n) is 7.60. The van der Waals surface area contributed by atoms with E-state index in [1.54, 1.807) is 13.4 Å². The van der Waals surface area contributed by atoms with E-state index in [9.17, 15) is 0 Å². The number of halogens is 2. The van der Waals surface area contributed by atoms with Crippen LogP contribution in [0.3, 0.4) is 0 Å². The maximum absolute atomic E-state index is 6.24. The molecule has 2 aromatic heterocycles. The third kappa shape index (κ3) is 3.94. The number of aryl methyl sites for hydroxylation is 1. The first-order chi connectivity index (χ1) is 15.2. The first-order valence-corrected chi connectivity index (χ1v) is 10.6. The normalized spacial score (nSPS) is 13.8. The average molecular weight is 471 g/mol. The molecule has 0 amide bonds. The van der Waals surface area contributed by atoms with Crippen LogP contribution in [0, 0.1) is 6.92 Å². The lowest BCUT2D eigenvalue weighted by molar-refractivity contribution is 0.416. The van der Waals surface area contributed by atoms with Crippen molar-refractivity contribution in [2.45, 2.75) is 6.92 Å². The van der Waals surface area contributed by atoms with E-state index >= 15 is 0 Å². The van der Waals surface area contributed by atoms with E-state index in [-0.39, 0.29) is 12.4 Å². The Morgan fingerprint density at radius 1 is 1.00 bits per heavy atom. The molecule has 7 nitrogen and oxygen atoms in total. The van der Waals surface area contributed by atoms with Crippen LogP contribution in [0.1, 0.15) is 5.56 Å². The molecule has 5 rings (SSSR count). The van der Waals surface area contributed by atoms with Gasteiger partial charge in [0.2, 0.25) is 0 Å². The third-order valence-electron chi connectivity index (χ3n) is 5.79. The molecular formula is C23H24Cl2N6O. The molecule has 0 saturated carbocycles. The molecule has 0 aliphatic carbocycles. The lowest BCUT2D eigenvalue weighted by Gasteiger charge is -2.37. The number of methoxy groups -OCH3 is 1. The highest BCUT2D eigenvalue weighted by molar-refractivity contribution is 6.30. The number of rotatable bonds is 4. The molecule has 1 N–H and O–H groups in total. The Labute approximate surface area is 197 Å². The zero-order chi connectivity index (χ0) is 21.4. The number of fused-ring (bicyclic) bond motifs is 1. The number of para-hydroxylation sites is 1. The Morgan fingerprint density at radius 2 is 1.75 bits per heavy atom. The molecule has 0 unspecified atom stereocenters. The van der Waals surface area contributed by atoms with E-state index in [0.29, 0.717) is 0 Å². The number of benzene rings is 2. The van der Waals surface area contributed by atoms with Gasteiger partial charge in [-0.05, 0) is 36.8 Å². The summed E-state index contributed by atoms with van der Waals surface area (Å²) in [5, 5.41) is 9.29. The van der Waals surface area contributed by atoms with Crippen molar-refractivity contribution in [3.05, 3.63) is 59.4 Å². The lowest BCUT2D eigenvalue weighted by atomic mass is 10.1. The van der Waals surface area contributed by atoms with Crippen LogP contribution in [-0.2, 0) is 0 Å². The van der Waals surface area contributed by atoms with Gasteiger partial charge in [0.25, 0.3) is 0 Å². The van der Waals surface area contributed by atoms with Crippen LogP contribution < -0.4 is 14.5 Å². The smallest absolute Gasteiger partial charge is 0.161 e. The molecule has 0 spiro atoms. The highest BCUT2D eigenvalue weighted by atomic mass is 35.5. The van der Waals surface area contributed by atoms with Crippen LogP contribution in [0.2, 0.25) is 5.02 Å². The monoisotopic (exact) mass is 470 g/mol. The molecule has 1 aliphatic rings. The lowest BCUT2D eigenvalue weighted by Crippen LogP contribution is -2.47. The van der Waals surface area contributed by atoms with Crippen molar-refractivity contribution in [2.75, 3.05) is 43.1 Å². The number of ether oxygens (including phenoxy) is 1. The number of nitrogens with one attached hydrogen (secondary N) is 1. The molecule has 9 heteroatoms. The predicted molar refractivity (Wildman–Crippen MR) is 132 cm³/mol. The van der Waals surface area contributed by atoms with Crippen molar-refractivity contribution in [3.8, 4) is 17.0 Å². The molecular weight excluding hydrogens is 447 g/mol. The second kappa shape index (κ2) is 9.22. The number of piperazine rings is 1. The van der Waals surface area contributed by atoms with Crippen molar-refractivity contribution in [1.29, 1.82) is 0 Å². The number of hydrogen-bond donors (Lipinski definition) is 1. The van der Waals surface area contributed by atoms with Gasteiger partial charge in [0, 0.05) is 42.5 Å². The minimum atomic E-state index is 0. The Hall–Kier alpha value is -3.03. The largest absolute Gasteiger partial charge is 0.496 e. The summed E-state index contributed by atoms with van der Waals surface area (Å²) in [6.45, 7) is 5.57. The van der Waals surface area contributed by atoms with Crippen LogP contribution in [0.5, 0.6) is 5.75 Å². The summed E-state index contributed by atoms with van der Waals surface area (Å²) in [5.41, 5.74) is 4.87. The van der Waals surface area contributed by atoms with Crippen LogP contribution in [0.4, 0.5) is 11.5 Å². The van der Waals surface area contributed by atoms with Crippen LogP contribution >= 0.6 is 24.0 Å². The van der Waals surface area contributed by atoms with Crippen LogP contribution in [0.15, 0.2) is 48.8 Å². The standard InChI is InChI=1S/C23H23ClN6O.ClH/c1-15-7-8-16(24)13-18(15)29-9-11-30(12-10-29)23-20-21(27-28-22(20)25-14-26-23)17-5-3-4-6-19(17)31-2;/h3-8,13-14H,9-12H2,1-2H3,(H,25,26,27,28);1H. The van der Waals surface area contributed by atoms with E-state index in [1.807, 2.05) is 36.4 Å². The fourth-order valence-corrected chi connectivity index (χ4v) is 4.37. The number of aromatic nitrogens is 4. The predicted octanol–water partition coefficient (Wildman–Crippen LogP) is 4.74. The van der Waals surface area contributed by atoms with Crippen LogP contribution in [0.25, 0.3) is 22.3 Å². The Morgan fingerprint density at radius 3 is 2.53 bits per heavy atom. The summed E-state index contributed by atoms with van der Waals surface area (Å²) in [6.07, 6.45) is 1.59. The van der Waals surface area contributed by atoms with Crippen molar-refractivity contribution in [2.24, 2.45) is 0 Å². The molecule has 0 bridgehead atoms. The van der Waals surface area contributed by atoms with Gasteiger partial charge in [-0.25, -0.2) is 9.97 Å². The van der Waals surface area contributed by atoms with Gasteiger partial charge in [-0.2, -0.15) is 5.10 Å². The molecule has 32 heavy (non-hydrogen) atoms. The number of hydrogen-bond acceptors (Lipinski definition) is 6. The Balaban J connectivity index is 0.00000245. The van der Waals surface area contributed by atoms with E-state index in [0.717, 1.165) is 65.1 Å². The van der Waals surface area contributed by atoms with E-state index in [2.05, 4.69) is 43.0 Å². The zero-order valence-corrected chi connectivity index (χ0v) is 19.5. The van der Waals surface area contributed by atoms with Crippen molar-refractivity contribution in [3.63, 3.8) is 0 Å². The van der Waals surface area contributed by atoms with Crippen LogP contribution in [-0.4, -0.2) is 53.5 Å². The highest BCUT2D eigenvalue weighted by Gasteiger charge is 2.24. The summed E-state index contributed by atoms with van der Waals surface area (Å²) in [4.78, 5) is 13.7. The molecule has 1 saturated heterocycles. The molecule has 3 heterocycles.